The average molecular weight is 337 g/mol. The van der Waals surface area contributed by atoms with Gasteiger partial charge in [-0.25, -0.2) is 8.42 Å². The summed E-state index contributed by atoms with van der Waals surface area (Å²) >= 11 is 11.6. The molecule has 0 aliphatic carbocycles. The van der Waals surface area contributed by atoms with Crippen LogP contribution in [0.5, 0.6) is 0 Å². The van der Waals surface area contributed by atoms with Crippen LogP contribution < -0.4 is 10.0 Å². The lowest BCUT2D eigenvalue weighted by atomic mass is 10.3. The Morgan fingerprint density at radius 1 is 1.45 bits per heavy atom. The van der Waals surface area contributed by atoms with Gasteiger partial charge in [0, 0.05) is 11.6 Å². The maximum Gasteiger partial charge on any atom is 0.242 e. The van der Waals surface area contributed by atoms with Gasteiger partial charge in [-0.3, -0.25) is 4.79 Å². The highest BCUT2D eigenvalue weighted by Gasteiger charge is 2.24. The van der Waals surface area contributed by atoms with Crippen LogP contribution >= 0.6 is 23.2 Å². The molecule has 1 rings (SSSR count). The van der Waals surface area contributed by atoms with Crippen LogP contribution in [0.25, 0.3) is 0 Å². The lowest BCUT2D eigenvalue weighted by Crippen LogP contribution is -2.44. The predicted molar refractivity (Wildman–Crippen MR) is 79.5 cm³/mol. The minimum atomic E-state index is -3.94. The summed E-state index contributed by atoms with van der Waals surface area (Å²) in [5, 5.41) is 2.75. The molecule has 1 unspecified atom stereocenters. The lowest BCUT2D eigenvalue weighted by Gasteiger charge is -2.14. The van der Waals surface area contributed by atoms with E-state index < -0.39 is 22.0 Å². The number of amides is 1. The highest BCUT2D eigenvalue weighted by molar-refractivity contribution is 7.89. The van der Waals surface area contributed by atoms with E-state index in [1.807, 2.05) is 0 Å². The van der Waals surface area contributed by atoms with Crippen molar-refractivity contribution >= 4 is 39.1 Å². The van der Waals surface area contributed by atoms with Crippen molar-refractivity contribution < 1.29 is 13.2 Å². The summed E-state index contributed by atoms with van der Waals surface area (Å²) in [6.07, 6.45) is 1.49. The molecule has 0 heterocycles. The normalized spacial score (nSPS) is 12.8. The van der Waals surface area contributed by atoms with Crippen LogP contribution in [0.1, 0.15) is 6.92 Å². The van der Waals surface area contributed by atoms with Crippen molar-refractivity contribution in [2.24, 2.45) is 0 Å². The van der Waals surface area contributed by atoms with Crippen molar-refractivity contribution in [1.29, 1.82) is 0 Å². The van der Waals surface area contributed by atoms with E-state index in [0.717, 1.165) is 0 Å². The number of carbonyl (C=O) groups is 1. The second-order valence-electron chi connectivity index (χ2n) is 3.95. The molecule has 0 saturated heterocycles. The molecule has 2 N–H and O–H groups in total. The summed E-state index contributed by atoms with van der Waals surface area (Å²) in [5.41, 5.74) is 0. The highest BCUT2D eigenvalue weighted by atomic mass is 35.5. The van der Waals surface area contributed by atoms with Gasteiger partial charge in [-0.2, -0.15) is 4.72 Å². The Morgan fingerprint density at radius 2 is 2.10 bits per heavy atom. The molecule has 0 bridgehead atoms. The Kier molecular flexibility index (Phi) is 6.01. The maximum atomic E-state index is 12.1. The molecule has 0 fully saturated rings. The summed E-state index contributed by atoms with van der Waals surface area (Å²) in [4.78, 5) is 11.4. The fourth-order valence-corrected chi connectivity index (χ4v) is 3.32. The molecule has 110 valence electrons. The quantitative estimate of drug-likeness (QED) is 0.779. The van der Waals surface area contributed by atoms with Gasteiger partial charge < -0.3 is 5.32 Å². The Bertz CT molecular complexity index is 617. The third-order valence-corrected chi connectivity index (χ3v) is 4.59. The maximum absolute atomic E-state index is 12.1. The molecule has 0 saturated carbocycles. The second kappa shape index (κ2) is 7.08. The van der Waals surface area contributed by atoms with Crippen LogP contribution in [0.4, 0.5) is 0 Å². The standard InChI is InChI=1S/C12H14Cl2N2O3S/c1-3-6-15-12(17)8(2)16-20(18,19)11-7-9(13)4-5-10(11)14/h3-5,7-8,16H,1,6H2,2H3,(H,15,17). The van der Waals surface area contributed by atoms with Crippen molar-refractivity contribution in [3.63, 3.8) is 0 Å². The second-order valence-corrected chi connectivity index (χ2v) is 6.48. The van der Waals surface area contributed by atoms with Crippen LogP contribution in [-0.4, -0.2) is 26.9 Å². The van der Waals surface area contributed by atoms with Gasteiger partial charge in [0.05, 0.1) is 11.1 Å². The SMILES string of the molecule is C=CCNC(=O)C(C)NS(=O)(=O)c1cc(Cl)ccc1Cl. The van der Waals surface area contributed by atoms with E-state index in [0.29, 0.717) is 0 Å². The number of benzene rings is 1. The Hall–Kier alpha value is -1.08. The molecule has 1 aromatic carbocycles. The summed E-state index contributed by atoms with van der Waals surface area (Å²) in [5.74, 6) is -0.466. The summed E-state index contributed by atoms with van der Waals surface area (Å²) in [6, 6.07) is 3.12. The Labute approximate surface area is 128 Å². The van der Waals surface area contributed by atoms with Crippen molar-refractivity contribution in [1.82, 2.24) is 10.0 Å². The number of hydrogen-bond acceptors (Lipinski definition) is 3. The van der Waals surface area contributed by atoms with Gasteiger partial charge >= 0.3 is 0 Å². The smallest absolute Gasteiger partial charge is 0.242 e. The van der Waals surface area contributed by atoms with Crippen molar-refractivity contribution in [3.05, 3.63) is 40.9 Å². The monoisotopic (exact) mass is 336 g/mol. The molecule has 1 aromatic rings. The van der Waals surface area contributed by atoms with Crippen LogP contribution in [0.15, 0.2) is 35.7 Å². The number of halogens is 2. The molecule has 1 atom stereocenters. The molecular weight excluding hydrogens is 323 g/mol. The van der Waals surface area contributed by atoms with Crippen molar-refractivity contribution in [3.8, 4) is 0 Å². The summed E-state index contributed by atoms with van der Waals surface area (Å²) in [7, 11) is -3.94. The minimum Gasteiger partial charge on any atom is -0.351 e. The zero-order valence-electron chi connectivity index (χ0n) is 10.7. The molecular formula is C12H14Cl2N2O3S. The van der Waals surface area contributed by atoms with Gasteiger partial charge in [-0.1, -0.05) is 29.3 Å². The topological polar surface area (TPSA) is 75.3 Å². The van der Waals surface area contributed by atoms with Crippen molar-refractivity contribution in [2.75, 3.05) is 6.54 Å². The molecule has 0 aliphatic rings. The van der Waals surface area contributed by atoms with Gasteiger partial charge in [-0.15, -0.1) is 6.58 Å². The lowest BCUT2D eigenvalue weighted by molar-refractivity contribution is -0.122. The fraction of sp³-hybridized carbons (Fsp3) is 0.250. The van der Waals surface area contributed by atoms with Gasteiger partial charge in [0.25, 0.3) is 0 Å². The zero-order valence-corrected chi connectivity index (χ0v) is 13.0. The molecule has 1 amide bonds. The number of carbonyl (C=O) groups excluding carboxylic acids is 1. The van der Waals surface area contributed by atoms with Gasteiger partial charge in [-0.05, 0) is 25.1 Å². The number of hydrogen-bond donors (Lipinski definition) is 2. The molecule has 0 radical (unpaired) electrons. The van der Waals surface area contributed by atoms with Crippen LogP contribution in [0, 0.1) is 0 Å². The predicted octanol–water partition coefficient (Wildman–Crippen LogP) is 1.96. The van der Waals surface area contributed by atoms with Crippen LogP contribution in [0.2, 0.25) is 10.0 Å². The van der Waals surface area contributed by atoms with E-state index in [1.54, 1.807) is 0 Å². The fourth-order valence-electron chi connectivity index (χ4n) is 1.36. The summed E-state index contributed by atoms with van der Waals surface area (Å²) < 4.78 is 26.5. The first kappa shape index (κ1) is 17.0. The number of nitrogens with one attached hydrogen (secondary N) is 2. The molecule has 8 heteroatoms. The minimum absolute atomic E-state index is 0.0283. The van der Waals surface area contributed by atoms with Crippen LogP contribution in [0.3, 0.4) is 0 Å². The van der Waals surface area contributed by atoms with Gasteiger partial charge in [0.1, 0.15) is 4.90 Å². The van der Waals surface area contributed by atoms with Gasteiger partial charge in [0.2, 0.25) is 15.9 Å². The van der Waals surface area contributed by atoms with Crippen LogP contribution in [-0.2, 0) is 14.8 Å². The molecule has 0 aliphatic heterocycles. The van der Waals surface area contributed by atoms with E-state index in [4.69, 9.17) is 23.2 Å². The Morgan fingerprint density at radius 3 is 2.70 bits per heavy atom. The highest BCUT2D eigenvalue weighted by Crippen LogP contribution is 2.24. The van der Waals surface area contributed by atoms with E-state index in [2.05, 4.69) is 16.6 Å². The molecule has 5 nitrogen and oxygen atoms in total. The largest absolute Gasteiger partial charge is 0.351 e. The first-order valence-corrected chi connectivity index (χ1v) is 7.88. The average Bonchev–Trinajstić information content (AvgIpc) is 2.38. The van der Waals surface area contributed by atoms with Gasteiger partial charge in [0.15, 0.2) is 0 Å². The first-order chi connectivity index (χ1) is 9.27. The molecule has 20 heavy (non-hydrogen) atoms. The zero-order chi connectivity index (χ0) is 15.3. The third-order valence-electron chi connectivity index (χ3n) is 2.33. The van der Waals surface area contributed by atoms with E-state index in [9.17, 15) is 13.2 Å². The van der Waals surface area contributed by atoms with Crippen molar-refractivity contribution in [2.45, 2.75) is 17.9 Å². The van der Waals surface area contributed by atoms with E-state index >= 15 is 0 Å². The summed E-state index contributed by atoms with van der Waals surface area (Å²) in [6.45, 7) is 5.13. The number of rotatable bonds is 6. The first-order valence-electron chi connectivity index (χ1n) is 5.64. The van der Waals surface area contributed by atoms with E-state index in [-0.39, 0.29) is 21.5 Å². The number of sulfonamides is 1. The van der Waals surface area contributed by atoms with E-state index in [1.165, 1.54) is 31.2 Å². The molecule has 0 aromatic heterocycles. The Balaban J connectivity index is 2.92. The third kappa shape index (κ3) is 4.49. The molecule has 0 spiro atoms.